The van der Waals surface area contributed by atoms with Crippen molar-refractivity contribution >= 4 is 5.97 Å². The maximum absolute atomic E-state index is 12.4. The van der Waals surface area contributed by atoms with Gasteiger partial charge in [0, 0.05) is 5.92 Å². The van der Waals surface area contributed by atoms with Crippen LogP contribution in [0.2, 0.25) is 0 Å². The second-order valence-corrected chi connectivity index (χ2v) is 6.87. The third-order valence-electron chi connectivity index (χ3n) is 3.80. The molecule has 2 aromatic carbocycles. The molecule has 0 heterocycles. The third-order valence-corrected chi connectivity index (χ3v) is 3.80. The summed E-state index contributed by atoms with van der Waals surface area (Å²) in [7, 11) is 3.21. The van der Waals surface area contributed by atoms with E-state index in [9.17, 15) is 4.79 Å². The molecule has 0 bridgehead atoms. The molecule has 0 spiro atoms. The Kier molecular flexibility index (Phi) is 6.07. The van der Waals surface area contributed by atoms with E-state index in [4.69, 9.17) is 14.2 Å². The lowest BCUT2D eigenvalue weighted by atomic mass is 9.88. The lowest BCUT2D eigenvalue weighted by Crippen LogP contribution is -2.25. The lowest BCUT2D eigenvalue weighted by Gasteiger charge is -2.23. The average Bonchev–Trinajstić information content (AvgIpc) is 2.58. The number of carbonyl (C=O) groups excluding carboxylic acids is 1. The number of carbonyl (C=O) groups is 1. The smallest absolute Gasteiger partial charge is 0.307 e. The molecule has 0 amide bonds. The zero-order valence-corrected chi connectivity index (χ0v) is 15.5. The number of benzene rings is 2. The van der Waals surface area contributed by atoms with Crippen LogP contribution in [-0.2, 0) is 9.53 Å². The number of hydrogen-bond donors (Lipinski definition) is 0. The van der Waals surface area contributed by atoms with Gasteiger partial charge in [-0.2, -0.15) is 0 Å². The molecule has 4 nitrogen and oxygen atoms in total. The summed E-state index contributed by atoms with van der Waals surface area (Å²) >= 11 is 0. The summed E-state index contributed by atoms with van der Waals surface area (Å²) in [4.78, 5) is 12.4. The molecule has 134 valence electrons. The predicted octanol–water partition coefficient (Wildman–Crippen LogP) is 4.57. The molecule has 0 aromatic heterocycles. The first-order valence-electron chi connectivity index (χ1n) is 8.32. The van der Waals surface area contributed by atoms with E-state index in [0.717, 1.165) is 11.1 Å². The summed E-state index contributed by atoms with van der Waals surface area (Å²) in [5, 5.41) is 0. The maximum atomic E-state index is 12.4. The normalized spacial score (nSPS) is 12.4. The SMILES string of the molecule is COc1ccc([C@@H](CC(=O)OC(C)(C)C)c2ccccc2)cc1OC. The Balaban J connectivity index is 2.37. The van der Waals surface area contributed by atoms with Crippen LogP contribution in [0.3, 0.4) is 0 Å². The van der Waals surface area contributed by atoms with Crippen molar-refractivity contribution in [2.75, 3.05) is 14.2 Å². The van der Waals surface area contributed by atoms with Crippen LogP contribution in [0.5, 0.6) is 11.5 Å². The summed E-state index contributed by atoms with van der Waals surface area (Å²) < 4.78 is 16.2. The summed E-state index contributed by atoms with van der Waals surface area (Å²) in [6, 6.07) is 15.7. The van der Waals surface area contributed by atoms with Gasteiger partial charge in [-0.15, -0.1) is 0 Å². The molecular weight excluding hydrogens is 316 g/mol. The standard InChI is InChI=1S/C21H26O4/c1-21(2,3)25-20(22)14-17(15-9-7-6-8-10-15)16-11-12-18(23-4)19(13-16)24-5/h6-13,17H,14H2,1-5H3/t17-/m0/s1. The summed E-state index contributed by atoms with van der Waals surface area (Å²) in [6.07, 6.45) is 0.261. The Bertz CT molecular complexity index is 702. The summed E-state index contributed by atoms with van der Waals surface area (Å²) in [5.41, 5.74) is 1.53. The van der Waals surface area contributed by atoms with Gasteiger partial charge in [-0.25, -0.2) is 0 Å². The first kappa shape index (κ1) is 18.8. The van der Waals surface area contributed by atoms with Gasteiger partial charge in [0.15, 0.2) is 11.5 Å². The van der Waals surface area contributed by atoms with Crippen LogP contribution in [0.15, 0.2) is 48.5 Å². The van der Waals surface area contributed by atoms with E-state index in [1.165, 1.54) is 0 Å². The molecule has 0 unspecified atom stereocenters. The Hall–Kier alpha value is -2.49. The predicted molar refractivity (Wildman–Crippen MR) is 98.3 cm³/mol. The first-order chi connectivity index (χ1) is 11.8. The van der Waals surface area contributed by atoms with Gasteiger partial charge >= 0.3 is 5.97 Å². The van der Waals surface area contributed by atoms with E-state index in [1.807, 2.05) is 69.3 Å². The van der Waals surface area contributed by atoms with Gasteiger partial charge < -0.3 is 14.2 Å². The number of rotatable bonds is 6. The lowest BCUT2D eigenvalue weighted by molar-refractivity contribution is -0.155. The van der Waals surface area contributed by atoms with Gasteiger partial charge in [-0.05, 0) is 44.0 Å². The molecule has 25 heavy (non-hydrogen) atoms. The van der Waals surface area contributed by atoms with Crippen LogP contribution in [0, 0.1) is 0 Å². The van der Waals surface area contributed by atoms with Crippen molar-refractivity contribution in [3.05, 3.63) is 59.7 Å². The van der Waals surface area contributed by atoms with E-state index < -0.39 is 5.60 Å². The molecule has 0 saturated carbocycles. The van der Waals surface area contributed by atoms with Gasteiger partial charge in [-0.1, -0.05) is 36.4 Å². The van der Waals surface area contributed by atoms with Crippen molar-refractivity contribution in [2.45, 2.75) is 38.7 Å². The number of methoxy groups -OCH3 is 2. The quantitative estimate of drug-likeness (QED) is 0.722. The van der Waals surface area contributed by atoms with E-state index in [0.29, 0.717) is 11.5 Å². The van der Waals surface area contributed by atoms with E-state index in [2.05, 4.69) is 0 Å². The molecule has 0 saturated heterocycles. The van der Waals surface area contributed by atoms with Gasteiger partial charge in [0.1, 0.15) is 5.60 Å². The van der Waals surface area contributed by atoms with Crippen molar-refractivity contribution < 1.29 is 19.0 Å². The minimum absolute atomic E-state index is 0.115. The van der Waals surface area contributed by atoms with Gasteiger partial charge in [0.05, 0.1) is 20.6 Å². The highest BCUT2D eigenvalue weighted by atomic mass is 16.6. The van der Waals surface area contributed by atoms with Crippen LogP contribution in [0.25, 0.3) is 0 Å². The Morgan fingerprint density at radius 2 is 1.56 bits per heavy atom. The van der Waals surface area contributed by atoms with Crippen molar-refractivity contribution in [1.82, 2.24) is 0 Å². The zero-order chi connectivity index (χ0) is 18.4. The van der Waals surface area contributed by atoms with E-state index >= 15 is 0 Å². The van der Waals surface area contributed by atoms with E-state index in [1.54, 1.807) is 14.2 Å². The monoisotopic (exact) mass is 342 g/mol. The molecule has 2 aromatic rings. The Labute approximate surface area is 149 Å². The summed E-state index contributed by atoms with van der Waals surface area (Å²) in [5.74, 6) is 0.965. The topological polar surface area (TPSA) is 44.8 Å². The minimum atomic E-state index is -0.504. The van der Waals surface area contributed by atoms with Crippen LogP contribution < -0.4 is 9.47 Å². The largest absolute Gasteiger partial charge is 0.493 e. The van der Waals surface area contributed by atoms with Crippen molar-refractivity contribution in [3.63, 3.8) is 0 Å². The zero-order valence-electron chi connectivity index (χ0n) is 15.5. The summed E-state index contributed by atoms with van der Waals surface area (Å²) in [6.45, 7) is 5.62. The number of hydrogen-bond acceptors (Lipinski definition) is 4. The second kappa shape index (κ2) is 8.06. The molecule has 1 atom stereocenters. The first-order valence-corrected chi connectivity index (χ1v) is 8.32. The molecule has 0 aliphatic rings. The van der Waals surface area contributed by atoms with Crippen LogP contribution >= 0.6 is 0 Å². The van der Waals surface area contributed by atoms with Gasteiger partial charge in [-0.3, -0.25) is 4.79 Å². The van der Waals surface area contributed by atoms with Gasteiger partial charge in [0.25, 0.3) is 0 Å². The third kappa shape index (κ3) is 5.24. The number of ether oxygens (including phenoxy) is 3. The fourth-order valence-corrected chi connectivity index (χ4v) is 2.73. The average molecular weight is 342 g/mol. The molecule has 0 aliphatic heterocycles. The molecule has 0 radical (unpaired) electrons. The molecular formula is C21H26O4. The minimum Gasteiger partial charge on any atom is -0.493 e. The van der Waals surface area contributed by atoms with Crippen molar-refractivity contribution in [2.24, 2.45) is 0 Å². The fraction of sp³-hybridized carbons (Fsp3) is 0.381. The molecule has 0 aliphatic carbocycles. The molecule has 4 heteroatoms. The second-order valence-electron chi connectivity index (χ2n) is 6.87. The molecule has 0 N–H and O–H groups in total. The van der Waals surface area contributed by atoms with Gasteiger partial charge in [0.2, 0.25) is 0 Å². The van der Waals surface area contributed by atoms with Crippen molar-refractivity contribution in [3.8, 4) is 11.5 Å². The maximum Gasteiger partial charge on any atom is 0.307 e. The Morgan fingerprint density at radius 1 is 0.920 bits per heavy atom. The molecule has 0 fully saturated rings. The highest BCUT2D eigenvalue weighted by Crippen LogP contribution is 2.35. The molecule has 2 rings (SSSR count). The van der Waals surface area contributed by atoms with Crippen LogP contribution in [-0.4, -0.2) is 25.8 Å². The highest BCUT2D eigenvalue weighted by Gasteiger charge is 2.23. The Morgan fingerprint density at radius 3 is 2.12 bits per heavy atom. The van der Waals surface area contributed by atoms with Crippen LogP contribution in [0.4, 0.5) is 0 Å². The number of esters is 1. The van der Waals surface area contributed by atoms with Crippen molar-refractivity contribution in [1.29, 1.82) is 0 Å². The van der Waals surface area contributed by atoms with Crippen LogP contribution in [0.1, 0.15) is 44.2 Å². The van der Waals surface area contributed by atoms with E-state index in [-0.39, 0.29) is 18.3 Å². The highest BCUT2D eigenvalue weighted by molar-refractivity contribution is 5.72. The fourth-order valence-electron chi connectivity index (χ4n) is 2.73.